The Labute approximate surface area is 104 Å². The fraction of sp³-hybridized carbons (Fsp3) is 0.154. The van der Waals surface area contributed by atoms with E-state index in [0.717, 1.165) is 5.69 Å². The Hall–Kier alpha value is -2.43. The number of nitrogens with zero attached hydrogens (tertiary/aromatic N) is 2. The molecule has 0 saturated heterocycles. The molecule has 1 N–H and O–H groups in total. The number of H-pyrrole nitrogens is 1. The van der Waals surface area contributed by atoms with E-state index < -0.39 is 0 Å². The van der Waals surface area contributed by atoms with Gasteiger partial charge in [0.05, 0.1) is 6.33 Å². The molecule has 5 heteroatoms. The fourth-order valence-electron chi connectivity index (χ4n) is 1.68. The molecule has 0 spiro atoms. The highest BCUT2D eigenvalue weighted by atomic mass is 16.2. The molecule has 0 bridgehead atoms. The van der Waals surface area contributed by atoms with Crippen molar-refractivity contribution in [1.82, 2.24) is 9.97 Å². The van der Waals surface area contributed by atoms with Gasteiger partial charge in [0.25, 0.3) is 11.5 Å². The molecule has 0 atom stereocenters. The van der Waals surface area contributed by atoms with Gasteiger partial charge in [-0.05, 0) is 19.1 Å². The summed E-state index contributed by atoms with van der Waals surface area (Å²) >= 11 is 0. The fourth-order valence-corrected chi connectivity index (χ4v) is 1.68. The molecular weight excluding hydrogens is 230 g/mol. The van der Waals surface area contributed by atoms with Crippen molar-refractivity contribution in [2.24, 2.45) is 0 Å². The lowest BCUT2D eigenvalue weighted by atomic mass is 10.2. The molecule has 1 amide bonds. The first-order valence-corrected chi connectivity index (χ1v) is 5.64. The van der Waals surface area contributed by atoms with Crippen molar-refractivity contribution in [2.45, 2.75) is 6.92 Å². The Morgan fingerprint density at radius 1 is 1.33 bits per heavy atom. The summed E-state index contributed by atoms with van der Waals surface area (Å²) in [5.74, 6) is -0.283. The average Bonchev–Trinajstić information content (AvgIpc) is 2.41. The van der Waals surface area contributed by atoms with E-state index in [9.17, 15) is 9.59 Å². The second kappa shape index (κ2) is 5.27. The number of anilines is 1. The number of carbonyl (C=O) groups excluding carboxylic acids is 1. The highest BCUT2D eigenvalue weighted by molar-refractivity contribution is 6.04. The minimum Gasteiger partial charge on any atom is -0.313 e. The van der Waals surface area contributed by atoms with Crippen LogP contribution in [0.1, 0.15) is 17.4 Å². The highest BCUT2D eigenvalue weighted by Gasteiger charge is 2.17. The molecule has 0 saturated carbocycles. The van der Waals surface area contributed by atoms with Gasteiger partial charge >= 0.3 is 0 Å². The van der Waals surface area contributed by atoms with Crippen molar-refractivity contribution in [3.63, 3.8) is 0 Å². The minimum atomic E-state index is -0.336. The van der Waals surface area contributed by atoms with Gasteiger partial charge in [0.2, 0.25) is 0 Å². The lowest BCUT2D eigenvalue weighted by Gasteiger charge is -2.20. The monoisotopic (exact) mass is 243 g/mol. The predicted octanol–water partition coefficient (Wildman–Crippen LogP) is 1.44. The molecule has 5 nitrogen and oxygen atoms in total. The molecule has 0 aliphatic rings. The Morgan fingerprint density at radius 3 is 2.67 bits per heavy atom. The zero-order valence-corrected chi connectivity index (χ0v) is 9.96. The smallest absolute Gasteiger partial charge is 0.277 e. The van der Waals surface area contributed by atoms with E-state index in [1.807, 2.05) is 37.3 Å². The number of hydrogen-bond acceptors (Lipinski definition) is 3. The first-order chi connectivity index (χ1) is 8.72. The van der Waals surface area contributed by atoms with E-state index in [1.54, 1.807) is 4.90 Å². The van der Waals surface area contributed by atoms with Gasteiger partial charge in [0.15, 0.2) is 0 Å². The molecule has 1 aromatic carbocycles. The Kier molecular flexibility index (Phi) is 3.52. The summed E-state index contributed by atoms with van der Waals surface area (Å²) in [4.78, 5) is 31.3. The van der Waals surface area contributed by atoms with Crippen molar-refractivity contribution >= 4 is 11.6 Å². The SMILES string of the molecule is CCN(C(=O)c1cc(=O)[nH]cn1)c1ccccc1. The molecule has 1 heterocycles. The van der Waals surface area contributed by atoms with E-state index >= 15 is 0 Å². The number of hydrogen-bond donors (Lipinski definition) is 1. The zero-order valence-electron chi connectivity index (χ0n) is 9.96. The van der Waals surface area contributed by atoms with Gasteiger partial charge in [-0.25, -0.2) is 4.98 Å². The Balaban J connectivity index is 2.34. The van der Waals surface area contributed by atoms with E-state index in [1.165, 1.54) is 12.4 Å². The number of nitrogens with one attached hydrogen (secondary N) is 1. The molecule has 0 radical (unpaired) electrons. The molecule has 92 valence electrons. The second-order valence-corrected chi connectivity index (χ2v) is 3.68. The van der Waals surface area contributed by atoms with Crippen LogP contribution in [-0.4, -0.2) is 22.4 Å². The van der Waals surface area contributed by atoms with Crippen LogP contribution in [-0.2, 0) is 0 Å². The van der Waals surface area contributed by atoms with Gasteiger partial charge in [-0.2, -0.15) is 0 Å². The summed E-state index contributed by atoms with van der Waals surface area (Å²) < 4.78 is 0. The molecule has 0 unspecified atom stereocenters. The number of benzene rings is 1. The van der Waals surface area contributed by atoms with Crippen molar-refractivity contribution in [1.29, 1.82) is 0 Å². The lowest BCUT2D eigenvalue weighted by molar-refractivity contribution is 0.0983. The maximum absolute atomic E-state index is 12.2. The van der Waals surface area contributed by atoms with Gasteiger partial charge in [-0.3, -0.25) is 9.59 Å². The third-order valence-corrected chi connectivity index (χ3v) is 2.53. The number of carbonyl (C=O) groups is 1. The van der Waals surface area contributed by atoms with Crippen molar-refractivity contribution in [3.8, 4) is 0 Å². The number of amides is 1. The Morgan fingerprint density at radius 2 is 2.06 bits per heavy atom. The summed E-state index contributed by atoms with van der Waals surface area (Å²) in [7, 11) is 0. The molecule has 1 aromatic heterocycles. The van der Waals surface area contributed by atoms with E-state index in [4.69, 9.17) is 0 Å². The van der Waals surface area contributed by atoms with Crippen LogP contribution in [0.5, 0.6) is 0 Å². The van der Waals surface area contributed by atoms with Crippen molar-refractivity contribution in [3.05, 3.63) is 58.8 Å². The highest BCUT2D eigenvalue weighted by Crippen LogP contribution is 2.14. The normalized spacial score (nSPS) is 10.1. The maximum Gasteiger partial charge on any atom is 0.277 e. The van der Waals surface area contributed by atoms with Gasteiger partial charge < -0.3 is 9.88 Å². The van der Waals surface area contributed by atoms with Crippen LogP contribution < -0.4 is 10.5 Å². The van der Waals surface area contributed by atoms with Crippen LogP contribution in [0.2, 0.25) is 0 Å². The summed E-state index contributed by atoms with van der Waals surface area (Å²) in [6, 6.07) is 10.5. The molecule has 0 aliphatic heterocycles. The van der Waals surface area contributed by atoms with Gasteiger partial charge in [-0.1, -0.05) is 18.2 Å². The zero-order chi connectivity index (χ0) is 13.0. The standard InChI is InChI=1S/C13H13N3O2/c1-2-16(10-6-4-3-5-7-10)13(18)11-8-12(17)15-9-14-11/h3-9H,2H2,1H3,(H,14,15,17). The van der Waals surface area contributed by atoms with E-state index in [0.29, 0.717) is 6.54 Å². The maximum atomic E-state index is 12.2. The number of para-hydroxylation sites is 1. The van der Waals surface area contributed by atoms with Crippen LogP contribution in [0.15, 0.2) is 47.5 Å². The van der Waals surface area contributed by atoms with Crippen LogP contribution in [0.25, 0.3) is 0 Å². The molecule has 0 aliphatic carbocycles. The minimum absolute atomic E-state index is 0.143. The van der Waals surface area contributed by atoms with Crippen LogP contribution in [0, 0.1) is 0 Å². The number of rotatable bonds is 3. The van der Waals surface area contributed by atoms with E-state index in [-0.39, 0.29) is 17.2 Å². The first kappa shape index (κ1) is 12.0. The van der Waals surface area contributed by atoms with Crippen molar-refractivity contribution in [2.75, 3.05) is 11.4 Å². The quantitative estimate of drug-likeness (QED) is 0.887. The van der Waals surface area contributed by atoms with Gasteiger partial charge in [-0.15, -0.1) is 0 Å². The second-order valence-electron chi connectivity index (χ2n) is 3.68. The molecule has 2 aromatic rings. The van der Waals surface area contributed by atoms with Gasteiger partial charge in [0, 0.05) is 18.3 Å². The van der Waals surface area contributed by atoms with Crippen LogP contribution in [0.4, 0.5) is 5.69 Å². The van der Waals surface area contributed by atoms with Crippen LogP contribution in [0.3, 0.4) is 0 Å². The number of aromatic amines is 1. The third kappa shape index (κ3) is 2.45. The summed E-state index contributed by atoms with van der Waals surface area (Å²) in [6.45, 7) is 2.38. The first-order valence-electron chi connectivity index (χ1n) is 5.64. The van der Waals surface area contributed by atoms with Crippen LogP contribution >= 0.6 is 0 Å². The molecule has 2 rings (SSSR count). The topological polar surface area (TPSA) is 66.1 Å². The Bertz CT molecular complexity index is 592. The third-order valence-electron chi connectivity index (χ3n) is 2.53. The predicted molar refractivity (Wildman–Crippen MR) is 68.7 cm³/mol. The summed E-state index contributed by atoms with van der Waals surface area (Å²) in [5.41, 5.74) is 0.592. The average molecular weight is 243 g/mol. The van der Waals surface area contributed by atoms with E-state index in [2.05, 4.69) is 9.97 Å². The molecule has 0 fully saturated rings. The van der Waals surface area contributed by atoms with Gasteiger partial charge in [0.1, 0.15) is 5.69 Å². The number of aromatic nitrogens is 2. The lowest BCUT2D eigenvalue weighted by Crippen LogP contribution is -2.32. The summed E-state index contributed by atoms with van der Waals surface area (Å²) in [6.07, 6.45) is 1.23. The molecular formula is C13H13N3O2. The van der Waals surface area contributed by atoms with Crippen molar-refractivity contribution < 1.29 is 4.79 Å². The summed E-state index contributed by atoms with van der Waals surface area (Å²) in [5, 5.41) is 0. The largest absolute Gasteiger partial charge is 0.313 e. The molecule has 18 heavy (non-hydrogen) atoms.